The normalized spacial score (nSPS) is 23.0. The Morgan fingerprint density at radius 2 is 1.00 bits per heavy atom. The SMILES string of the molecule is CC/C=C\C/C=C\CCCCCCCCCCCCCCC(O)CC(=O)NC(COP(=O)(O)OC1C(O)C(O)C(O)C(O)C1O)C(O)/C=C/CC/C=C/CC/C=C/CCCCCCCC. The molecule has 8 atom stereocenters. The van der Waals surface area contributed by atoms with E-state index in [-0.39, 0.29) is 6.42 Å². The Hall–Kier alpha value is -2.00. The van der Waals surface area contributed by atoms with Crippen LogP contribution in [0.3, 0.4) is 0 Å². The number of rotatable bonds is 41. The molecule has 0 radical (unpaired) electrons. The molecule has 1 aliphatic rings. The number of unbranched alkanes of at least 4 members (excludes halogenated alkanes) is 20. The van der Waals surface area contributed by atoms with Crippen LogP contribution in [-0.2, 0) is 18.4 Å². The summed E-state index contributed by atoms with van der Waals surface area (Å²) < 4.78 is 22.9. The Labute approximate surface area is 392 Å². The summed E-state index contributed by atoms with van der Waals surface area (Å²) in [6.45, 7) is 3.62. The zero-order chi connectivity index (χ0) is 48.0. The van der Waals surface area contributed by atoms with Gasteiger partial charge in [0.1, 0.15) is 36.6 Å². The van der Waals surface area contributed by atoms with Gasteiger partial charge in [0.15, 0.2) is 0 Å². The number of nitrogens with one attached hydrogen (secondary N) is 1. The molecular weight excluding hydrogens is 850 g/mol. The van der Waals surface area contributed by atoms with Gasteiger partial charge in [0.2, 0.25) is 5.91 Å². The van der Waals surface area contributed by atoms with Crippen LogP contribution in [-0.4, -0.2) is 108 Å². The van der Waals surface area contributed by atoms with Gasteiger partial charge < -0.3 is 46.0 Å². The van der Waals surface area contributed by atoms with E-state index >= 15 is 0 Å². The molecule has 14 heteroatoms. The predicted octanol–water partition coefficient (Wildman–Crippen LogP) is 9.26. The van der Waals surface area contributed by atoms with Crippen molar-refractivity contribution >= 4 is 13.7 Å². The highest BCUT2D eigenvalue weighted by Crippen LogP contribution is 2.47. The molecule has 1 aliphatic carbocycles. The summed E-state index contributed by atoms with van der Waals surface area (Å²) in [6.07, 6.45) is 35.9. The lowest BCUT2D eigenvalue weighted by Crippen LogP contribution is -2.64. The van der Waals surface area contributed by atoms with E-state index in [1.807, 2.05) is 0 Å². The Bertz CT molecular complexity index is 1340. The van der Waals surface area contributed by atoms with Gasteiger partial charge in [-0.1, -0.05) is 177 Å². The number of phosphoric ester groups is 1. The van der Waals surface area contributed by atoms with E-state index in [0.29, 0.717) is 19.3 Å². The summed E-state index contributed by atoms with van der Waals surface area (Å²) in [6, 6.07) is -1.27. The topological polar surface area (TPSA) is 226 Å². The summed E-state index contributed by atoms with van der Waals surface area (Å²) in [4.78, 5) is 23.5. The maximum absolute atomic E-state index is 13.0. The van der Waals surface area contributed by atoms with Gasteiger partial charge in [0.05, 0.1) is 31.3 Å². The largest absolute Gasteiger partial charge is 0.472 e. The van der Waals surface area contributed by atoms with E-state index < -0.39 is 75.2 Å². The van der Waals surface area contributed by atoms with Gasteiger partial charge in [-0.3, -0.25) is 13.8 Å². The van der Waals surface area contributed by atoms with Gasteiger partial charge in [-0.05, 0) is 70.6 Å². The number of aliphatic hydroxyl groups is 7. The number of aliphatic hydroxyl groups excluding tert-OH is 7. The summed E-state index contributed by atoms with van der Waals surface area (Å²) in [5.74, 6) is -0.609. The minimum atomic E-state index is -5.16. The van der Waals surface area contributed by atoms with Crippen molar-refractivity contribution in [1.82, 2.24) is 5.32 Å². The van der Waals surface area contributed by atoms with Crippen LogP contribution in [0.4, 0.5) is 0 Å². The average Bonchev–Trinajstić information content (AvgIpc) is 3.28. The third-order valence-corrected chi connectivity index (χ3v) is 12.8. The summed E-state index contributed by atoms with van der Waals surface area (Å²) >= 11 is 0. The molecule has 0 aromatic rings. The van der Waals surface area contributed by atoms with Crippen molar-refractivity contribution in [3.8, 4) is 0 Å². The lowest BCUT2D eigenvalue weighted by Gasteiger charge is -2.41. The Morgan fingerprint density at radius 3 is 1.52 bits per heavy atom. The van der Waals surface area contributed by atoms with Crippen LogP contribution in [0.15, 0.2) is 60.8 Å². The molecule has 1 amide bonds. The third-order valence-electron chi connectivity index (χ3n) is 11.8. The number of amides is 1. The van der Waals surface area contributed by atoms with Crippen LogP contribution in [0, 0.1) is 0 Å². The van der Waals surface area contributed by atoms with Gasteiger partial charge in [-0.15, -0.1) is 0 Å². The molecule has 0 saturated heterocycles. The second kappa shape index (κ2) is 39.9. The molecule has 0 aliphatic heterocycles. The molecule has 13 nitrogen and oxygen atoms in total. The first-order chi connectivity index (χ1) is 31.3. The van der Waals surface area contributed by atoms with Crippen molar-refractivity contribution in [2.45, 2.75) is 249 Å². The molecule has 0 aromatic heterocycles. The number of carbonyl (C=O) groups is 1. The molecule has 8 unspecified atom stereocenters. The van der Waals surface area contributed by atoms with Crippen LogP contribution < -0.4 is 5.32 Å². The Morgan fingerprint density at radius 1 is 0.569 bits per heavy atom. The summed E-state index contributed by atoms with van der Waals surface area (Å²) in [5.41, 5.74) is 0. The number of hydrogen-bond donors (Lipinski definition) is 9. The molecule has 1 fully saturated rings. The summed E-state index contributed by atoms with van der Waals surface area (Å²) in [5, 5.41) is 74.6. The van der Waals surface area contributed by atoms with Gasteiger partial charge in [0, 0.05) is 0 Å². The standard InChI is InChI=1S/C51H92NO12P/c1-3-5-7-9-11-13-15-17-19-21-22-23-24-26-28-30-32-34-36-38-42(53)40-45(55)52-43(41-63-65(61,62)64-51-49(59)47(57)46(56)48(58)50(51)60)44(54)39-37-35-33-31-29-27-25-20-18-16-14-12-10-8-6-4-2/h5,7,11,13,18,20,29,31,37,39,42-44,46-51,53-54,56-60H,3-4,6,8-10,12,14-17,19,21-28,30,32-36,38,40-41H2,1-2H3,(H,52,55)(H,61,62)/b7-5-,13-11-,20-18+,31-29+,39-37+. The monoisotopic (exact) mass is 942 g/mol. The highest BCUT2D eigenvalue weighted by atomic mass is 31.2. The van der Waals surface area contributed by atoms with E-state index in [1.165, 1.54) is 102 Å². The van der Waals surface area contributed by atoms with Crippen LogP contribution >= 0.6 is 7.82 Å². The van der Waals surface area contributed by atoms with Crippen LogP contribution in [0.5, 0.6) is 0 Å². The maximum Gasteiger partial charge on any atom is 0.472 e. The van der Waals surface area contributed by atoms with Gasteiger partial charge >= 0.3 is 7.82 Å². The Kier molecular flexibility index (Phi) is 37.5. The highest BCUT2D eigenvalue weighted by molar-refractivity contribution is 7.47. The minimum Gasteiger partial charge on any atom is -0.393 e. The second-order valence-corrected chi connectivity index (χ2v) is 19.2. The van der Waals surface area contributed by atoms with Crippen molar-refractivity contribution in [3.05, 3.63) is 60.8 Å². The van der Waals surface area contributed by atoms with Crippen molar-refractivity contribution in [2.24, 2.45) is 0 Å². The van der Waals surface area contributed by atoms with Crippen molar-refractivity contribution < 1.29 is 59.0 Å². The zero-order valence-corrected chi connectivity index (χ0v) is 41.0. The number of hydrogen-bond acceptors (Lipinski definition) is 11. The number of carbonyl (C=O) groups excluding carboxylic acids is 1. The molecule has 9 N–H and O–H groups in total. The predicted molar refractivity (Wildman–Crippen MR) is 261 cm³/mol. The van der Waals surface area contributed by atoms with Gasteiger partial charge in [0.25, 0.3) is 0 Å². The summed E-state index contributed by atoms with van der Waals surface area (Å²) in [7, 11) is -5.16. The molecule has 378 valence electrons. The van der Waals surface area contributed by atoms with Gasteiger partial charge in [-0.2, -0.15) is 0 Å². The Balaban J connectivity index is 2.51. The number of phosphoric acid groups is 1. The van der Waals surface area contributed by atoms with E-state index in [9.17, 15) is 50.0 Å². The van der Waals surface area contributed by atoms with E-state index in [1.54, 1.807) is 6.08 Å². The van der Waals surface area contributed by atoms with Gasteiger partial charge in [-0.25, -0.2) is 4.57 Å². The molecule has 0 bridgehead atoms. The fourth-order valence-electron chi connectivity index (χ4n) is 7.72. The lowest BCUT2D eigenvalue weighted by molar-refractivity contribution is -0.220. The lowest BCUT2D eigenvalue weighted by atomic mass is 9.85. The van der Waals surface area contributed by atoms with Crippen LogP contribution in [0.25, 0.3) is 0 Å². The fraction of sp³-hybridized carbons (Fsp3) is 0.784. The highest BCUT2D eigenvalue weighted by Gasteiger charge is 2.51. The number of allylic oxidation sites excluding steroid dienone is 9. The molecule has 0 heterocycles. The smallest absolute Gasteiger partial charge is 0.393 e. The molecule has 1 saturated carbocycles. The second-order valence-electron chi connectivity index (χ2n) is 17.8. The molecule has 65 heavy (non-hydrogen) atoms. The van der Waals surface area contributed by atoms with Crippen LogP contribution in [0.1, 0.15) is 194 Å². The van der Waals surface area contributed by atoms with E-state index in [4.69, 9.17) is 9.05 Å². The molecule has 0 aromatic carbocycles. The molecule has 0 spiro atoms. The first-order valence-corrected chi connectivity index (χ1v) is 26.8. The maximum atomic E-state index is 13.0. The molecule has 1 rings (SSSR count). The van der Waals surface area contributed by atoms with E-state index in [2.05, 4.69) is 67.8 Å². The van der Waals surface area contributed by atoms with Crippen LogP contribution in [0.2, 0.25) is 0 Å². The quantitative estimate of drug-likeness (QED) is 0.0159. The zero-order valence-electron chi connectivity index (χ0n) is 40.1. The fourth-order valence-corrected chi connectivity index (χ4v) is 8.69. The van der Waals surface area contributed by atoms with Crippen molar-refractivity contribution in [3.63, 3.8) is 0 Å². The first kappa shape index (κ1) is 61.0. The van der Waals surface area contributed by atoms with E-state index in [0.717, 1.165) is 57.8 Å². The first-order valence-electron chi connectivity index (χ1n) is 25.3. The van der Waals surface area contributed by atoms with Crippen molar-refractivity contribution in [2.75, 3.05) is 6.61 Å². The minimum absolute atomic E-state index is 0.259. The third kappa shape index (κ3) is 31.6. The molecular formula is C51H92NO12P. The average molecular weight is 942 g/mol. The van der Waals surface area contributed by atoms with Crippen molar-refractivity contribution in [1.29, 1.82) is 0 Å².